The summed E-state index contributed by atoms with van der Waals surface area (Å²) in [6, 6.07) is 11.5. The molecule has 4 aliphatic rings. The number of likely N-dealkylation sites (tertiary alicyclic amines) is 2. The van der Waals surface area contributed by atoms with Crippen LogP contribution in [0.25, 0.3) is 10.9 Å². The number of carbonyl (C=O) groups excluding carboxylic acids is 4. The Kier molecular flexibility index (Phi) is 7.37. The molecule has 0 spiro atoms. The molecule has 7 rings (SSSR count). The van der Waals surface area contributed by atoms with Crippen molar-refractivity contribution in [1.29, 1.82) is 0 Å². The molecule has 0 radical (unpaired) electrons. The zero-order valence-corrected chi connectivity index (χ0v) is 25.8. The van der Waals surface area contributed by atoms with Gasteiger partial charge in [-0.15, -0.1) is 0 Å². The Bertz CT molecular complexity index is 1660. The number of piperidine rings is 2. The molecule has 1 aromatic heterocycles. The monoisotopic (exact) mass is 612 g/mol. The van der Waals surface area contributed by atoms with E-state index in [4.69, 9.17) is 0 Å². The molecule has 0 saturated carbocycles. The number of rotatable bonds is 3. The van der Waals surface area contributed by atoms with Crippen molar-refractivity contribution in [2.45, 2.75) is 76.7 Å². The SMILES string of the molecule is CC(=O)N1CCC(N2Cc3c(ccc4[nH]ncc34)CC(C)(NC(=O)N3CCC(N4Cc5ccccc5NC4=O)CC3)C2=O)CC1. The Morgan fingerprint density at radius 2 is 1.58 bits per heavy atom. The number of fused-ring (bicyclic) bond motifs is 4. The number of para-hydroxylation sites is 1. The molecule has 2 fully saturated rings. The minimum absolute atomic E-state index is 0.0260. The van der Waals surface area contributed by atoms with Gasteiger partial charge in [0, 0.05) is 75.8 Å². The summed E-state index contributed by atoms with van der Waals surface area (Å²) in [5.41, 5.74) is 3.74. The van der Waals surface area contributed by atoms with E-state index in [9.17, 15) is 19.2 Å². The third-order valence-corrected chi connectivity index (χ3v) is 10.2. The molecule has 45 heavy (non-hydrogen) atoms. The lowest BCUT2D eigenvalue weighted by Crippen LogP contribution is -2.63. The normalized spacial score (nSPS) is 23.0. The van der Waals surface area contributed by atoms with Crippen molar-refractivity contribution in [2.75, 3.05) is 31.5 Å². The van der Waals surface area contributed by atoms with Crippen LogP contribution in [0, 0.1) is 0 Å². The first-order valence-electron chi connectivity index (χ1n) is 15.9. The molecule has 12 heteroatoms. The molecule has 1 unspecified atom stereocenters. The summed E-state index contributed by atoms with van der Waals surface area (Å²) in [5.74, 6) is -0.0591. The first-order chi connectivity index (χ1) is 21.7. The smallest absolute Gasteiger partial charge is 0.322 e. The molecule has 5 heterocycles. The fraction of sp³-hybridized carbons (Fsp3) is 0.485. The Hall–Kier alpha value is -4.61. The fourth-order valence-corrected chi connectivity index (χ4v) is 7.59. The molecule has 0 bridgehead atoms. The van der Waals surface area contributed by atoms with Crippen LogP contribution in [0.4, 0.5) is 15.3 Å². The number of aromatic amines is 1. The lowest BCUT2D eigenvalue weighted by molar-refractivity contribution is -0.142. The average molecular weight is 613 g/mol. The van der Waals surface area contributed by atoms with E-state index >= 15 is 0 Å². The molecule has 4 aliphatic heterocycles. The van der Waals surface area contributed by atoms with Gasteiger partial charge in [-0.05, 0) is 61.4 Å². The van der Waals surface area contributed by atoms with Crippen molar-refractivity contribution >= 4 is 40.5 Å². The van der Waals surface area contributed by atoms with Crippen molar-refractivity contribution in [3.05, 3.63) is 59.3 Å². The van der Waals surface area contributed by atoms with E-state index in [1.807, 2.05) is 64.2 Å². The highest BCUT2D eigenvalue weighted by molar-refractivity contribution is 5.94. The number of amides is 6. The van der Waals surface area contributed by atoms with Gasteiger partial charge in [0.1, 0.15) is 5.54 Å². The molecule has 236 valence electrons. The second kappa shape index (κ2) is 11.4. The Balaban J connectivity index is 1.08. The summed E-state index contributed by atoms with van der Waals surface area (Å²) in [4.78, 5) is 60.6. The third-order valence-electron chi connectivity index (χ3n) is 10.2. The average Bonchev–Trinajstić information content (AvgIpc) is 3.49. The van der Waals surface area contributed by atoms with Crippen LogP contribution in [0.2, 0.25) is 0 Å². The molecule has 2 aromatic carbocycles. The third kappa shape index (κ3) is 5.36. The van der Waals surface area contributed by atoms with E-state index < -0.39 is 5.54 Å². The highest BCUT2D eigenvalue weighted by atomic mass is 16.2. The van der Waals surface area contributed by atoms with Gasteiger partial charge < -0.3 is 30.2 Å². The van der Waals surface area contributed by atoms with Crippen molar-refractivity contribution in [2.24, 2.45) is 0 Å². The predicted molar refractivity (Wildman–Crippen MR) is 168 cm³/mol. The van der Waals surface area contributed by atoms with Gasteiger partial charge in [0.2, 0.25) is 11.8 Å². The minimum atomic E-state index is -1.16. The summed E-state index contributed by atoms with van der Waals surface area (Å²) < 4.78 is 0. The molecule has 6 amide bonds. The van der Waals surface area contributed by atoms with Crippen LogP contribution in [0.3, 0.4) is 0 Å². The minimum Gasteiger partial charge on any atom is -0.343 e. The molecule has 0 aliphatic carbocycles. The topological polar surface area (TPSA) is 134 Å². The van der Waals surface area contributed by atoms with Gasteiger partial charge in [0.15, 0.2) is 0 Å². The summed E-state index contributed by atoms with van der Waals surface area (Å²) in [6.07, 6.45) is 4.87. The number of nitrogens with zero attached hydrogens (tertiary/aromatic N) is 5. The molecular weight excluding hydrogens is 572 g/mol. The maximum Gasteiger partial charge on any atom is 0.322 e. The standard InChI is InChI=1S/C33H40N8O4/c1-21(42)38-13-9-24(10-14-38)40-20-27-22(7-8-29-26(27)18-34-37-29)17-33(2,30(40)43)36-32(45)39-15-11-25(12-16-39)41-19-23-5-3-4-6-28(23)35-31(41)44/h3-8,18,24-25H,9-17,19-20H2,1-2H3,(H,34,37)(H,35,44)(H,36,45). The van der Waals surface area contributed by atoms with Crippen LogP contribution in [0.1, 0.15) is 56.2 Å². The lowest BCUT2D eigenvalue weighted by atomic mass is 9.89. The number of hydrogen-bond donors (Lipinski definition) is 3. The number of urea groups is 2. The highest BCUT2D eigenvalue weighted by Crippen LogP contribution is 2.34. The largest absolute Gasteiger partial charge is 0.343 e. The first kappa shape index (κ1) is 29.1. The van der Waals surface area contributed by atoms with Gasteiger partial charge in [0.05, 0.1) is 11.7 Å². The van der Waals surface area contributed by atoms with E-state index in [1.165, 1.54) is 0 Å². The molecule has 3 N–H and O–H groups in total. The predicted octanol–water partition coefficient (Wildman–Crippen LogP) is 3.44. The maximum atomic E-state index is 14.5. The van der Waals surface area contributed by atoms with Gasteiger partial charge in [-0.2, -0.15) is 5.10 Å². The Morgan fingerprint density at radius 3 is 2.31 bits per heavy atom. The Labute approximate surface area is 262 Å². The number of hydrogen-bond acceptors (Lipinski definition) is 5. The first-order valence-corrected chi connectivity index (χ1v) is 15.9. The van der Waals surface area contributed by atoms with Crippen LogP contribution >= 0.6 is 0 Å². The van der Waals surface area contributed by atoms with Crippen LogP contribution in [-0.2, 0) is 29.1 Å². The van der Waals surface area contributed by atoms with E-state index in [2.05, 4.69) is 20.8 Å². The quantitative estimate of drug-likeness (QED) is 0.417. The Morgan fingerprint density at radius 1 is 0.889 bits per heavy atom. The van der Waals surface area contributed by atoms with Gasteiger partial charge in [-0.3, -0.25) is 14.7 Å². The van der Waals surface area contributed by atoms with Crippen molar-refractivity contribution in [1.82, 2.24) is 35.1 Å². The zero-order chi connectivity index (χ0) is 31.3. The zero-order valence-electron chi connectivity index (χ0n) is 25.8. The van der Waals surface area contributed by atoms with E-state index in [-0.39, 0.29) is 36.0 Å². The number of anilines is 1. The number of nitrogens with one attached hydrogen (secondary N) is 3. The molecule has 12 nitrogen and oxygen atoms in total. The van der Waals surface area contributed by atoms with Crippen LogP contribution in [0.15, 0.2) is 42.6 Å². The summed E-state index contributed by atoms with van der Waals surface area (Å²) in [5, 5.41) is 14.4. The second-order valence-corrected chi connectivity index (χ2v) is 13.1. The number of benzene rings is 2. The maximum absolute atomic E-state index is 14.5. The van der Waals surface area contributed by atoms with Crippen molar-refractivity contribution in [3.8, 4) is 0 Å². The molecule has 1 atom stereocenters. The number of carbonyl (C=O) groups is 4. The molecular formula is C33H40N8O4. The van der Waals surface area contributed by atoms with E-state index in [0.717, 1.165) is 33.3 Å². The van der Waals surface area contributed by atoms with Crippen LogP contribution < -0.4 is 10.6 Å². The van der Waals surface area contributed by atoms with Crippen LogP contribution in [0.5, 0.6) is 0 Å². The molecule has 3 aromatic rings. The highest BCUT2D eigenvalue weighted by Gasteiger charge is 2.45. The van der Waals surface area contributed by atoms with Gasteiger partial charge in [-0.25, -0.2) is 9.59 Å². The second-order valence-electron chi connectivity index (χ2n) is 13.1. The van der Waals surface area contributed by atoms with E-state index in [0.29, 0.717) is 71.4 Å². The van der Waals surface area contributed by atoms with Crippen molar-refractivity contribution < 1.29 is 19.2 Å². The van der Waals surface area contributed by atoms with Crippen molar-refractivity contribution in [3.63, 3.8) is 0 Å². The number of aromatic nitrogens is 2. The fourth-order valence-electron chi connectivity index (χ4n) is 7.59. The van der Waals surface area contributed by atoms with Gasteiger partial charge in [0.25, 0.3) is 0 Å². The summed E-state index contributed by atoms with van der Waals surface area (Å²) >= 11 is 0. The van der Waals surface area contributed by atoms with Gasteiger partial charge >= 0.3 is 12.1 Å². The summed E-state index contributed by atoms with van der Waals surface area (Å²) in [7, 11) is 0. The van der Waals surface area contributed by atoms with Gasteiger partial charge in [-0.1, -0.05) is 24.3 Å². The lowest BCUT2D eigenvalue weighted by Gasteiger charge is -2.43. The molecule has 2 saturated heterocycles. The number of H-pyrrole nitrogens is 1. The summed E-state index contributed by atoms with van der Waals surface area (Å²) in [6.45, 7) is 6.58. The van der Waals surface area contributed by atoms with Crippen LogP contribution in [-0.4, -0.2) is 97.5 Å². The van der Waals surface area contributed by atoms with E-state index in [1.54, 1.807) is 11.8 Å².